The summed E-state index contributed by atoms with van der Waals surface area (Å²) < 4.78 is 0. The zero-order valence-corrected chi connectivity index (χ0v) is 10.0. The van der Waals surface area contributed by atoms with Gasteiger partial charge >= 0.3 is 0 Å². The van der Waals surface area contributed by atoms with Crippen LogP contribution < -0.4 is 5.32 Å². The molecule has 0 saturated carbocycles. The fourth-order valence-corrected chi connectivity index (χ4v) is 2.93. The minimum atomic E-state index is -0.631. The van der Waals surface area contributed by atoms with Crippen LogP contribution in [0, 0.1) is 5.41 Å². The number of carbonyl (C=O) groups is 2. The molecular weight excluding hydrogens is 248 g/mol. The molecule has 88 valence electrons. The van der Waals surface area contributed by atoms with E-state index >= 15 is 0 Å². The molecule has 5 heteroatoms. The Balaban J connectivity index is 2.16. The number of fused-ring (bicyclic) bond motifs is 1. The van der Waals surface area contributed by atoms with Crippen LogP contribution in [0.1, 0.15) is 15.2 Å². The highest BCUT2D eigenvalue weighted by Gasteiger charge is 2.30. The lowest BCUT2D eigenvalue weighted by Gasteiger charge is -2.10. The second-order valence-electron chi connectivity index (χ2n) is 3.88. The Hall–Kier alpha value is -2.27. The van der Waals surface area contributed by atoms with Gasteiger partial charge in [-0.15, -0.1) is 11.3 Å². The van der Waals surface area contributed by atoms with E-state index in [-0.39, 0.29) is 5.71 Å². The minimum absolute atomic E-state index is 0.142. The van der Waals surface area contributed by atoms with Crippen LogP contribution >= 0.6 is 11.3 Å². The van der Waals surface area contributed by atoms with Gasteiger partial charge in [0.15, 0.2) is 0 Å². The molecule has 0 radical (unpaired) electrons. The highest BCUT2D eigenvalue weighted by molar-refractivity contribution is 7.18. The summed E-state index contributed by atoms with van der Waals surface area (Å²) in [5, 5.41) is 9.84. The molecule has 2 aromatic rings. The Kier molecular flexibility index (Phi) is 2.34. The highest BCUT2D eigenvalue weighted by Crippen LogP contribution is 2.33. The number of carbonyl (C=O) groups excluding carboxylic acids is 2. The number of benzene rings is 1. The zero-order valence-electron chi connectivity index (χ0n) is 9.19. The molecule has 18 heavy (non-hydrogen) atoms. The number of thiophene rings is 1. The van der Waals surface area contributed by atoms with Gasteiger partial charge in [-0.2, -0.15) is 0 Å². The Morgan fingerprint density at radius 2 is 1.78 bits per heavy atom. The molecule has 0 aliphatic carbocycles. The zero-order chi connectivity index (χ0) is 12.7. The summed E-state index contributed by atoms with van der Waals surface area (Å²) in [5.41, 5.74) is 1.24. The fraction of sp³-hybridized carbons (Fsp3) is 0. The maximum absolute atomic E-state index is 11.7. The van der Waals surface area contributed by atoms with Crippen LogP contribution in [0.2, 0.25) is 0 Å². The van der Waals surface area contributed by atoms with Crippen molar-refractivity contribution in [1.29, 1.82) is 5.41 Å². The Morgan fingerprint density at radius 1 is 1.06 bits per heavy atom. The molecule has 1 aliphatic rings. The maximum Gasteiger partial charge on any atom is 0.277 e. The van der Waals surface area contributed by atoms with Crippen molar-refractivity contribution in [2.45, 2.75) is 0 Å². The van der Waals surface area contributed by atoms with Crippen molar-refractivity contribution in [3.05, 3.63) is 46.8 Å². The quantitative estimate of drug-likeness (QED) is 0.767. The SMILES string of the molecule is N=C1C(=O)NC(=O)c2cc(-c3ccccc3)sc21. The Labute approximate surface area is 107 Å². The third kappa shape index (κ3) is 1.56. The summed E-state index contributed by atoms with van der Waals surface area (Å²) in [6.07, 6.45) is 0. The van der Waals surface area contributed by atoms with Gasteiger partial charge in [-0.1, -0.05) is 30.3 Å². The molecule has 0 fully saturated rings. The van der Waals surface area contributed by atoms with Crippen molar-refractivity contribution >= 4 is 28.9 Å². The average Bonchev–Trinajstić information content (AvgIpc) is 2.83. The first-order valence-electron chi connectivity index (χ1n) is 5.30. The van der Waals surface area contributed by atoms with E-state index in [1.165, 1.54) is 11.3 Å². The monoisotopic (exact) mass is 256 g/mol. The van der Waals surface area contributed by atoms with E-state index in [9.17, 15) is 9.59 Å². The number of nitrogens with one attached hydrogen (secondary N) is 2. The Morgan fingerprint density at radius 3 is 2.50 bits per heavy atom. The summed E-state index contributed by atoms with van der Waals surface area (Å²) >= 11 is 1.30. The second-order valence-corrected chi connectivity index (χ2v) is 4.93. The van der Waals surface area contributed by atoms with E-state index in [0.717, 1.165) is 10.4 Å². The van der Waals surface area contributed by atoms with Crippen LogP contribution in [0.5, 0.6) is 0 Å². The van der Waals surface area contributed by atoms with Crippen LogP contribution in [-0.2, 0) is 4.79 Å². The lowest BCUT2D eigenvalue weighted by Crippen LogP contribution is -2.41. The molecule has 1 aromatic heterocycles. The average molecular weight is 256 g/mol. The van der Waals surface area contributed by atoms with Gasteiger partial charge in [0, 0.05) is 4.88 Å². The largest absolute Gasteiger partial charge is 0.294 e. The minimum Gasteiger partial charge on any atom is -0.294 e. The third-order valence-electron chi connectivity index (χ3n) is 2.72. The fourth-order valence-electron chi connectivity index (χ4n) is 1.83. The van der Waals surface area contributed by atoms with Gasteiger partial charge in [0.25, 0.3) is 11.8 Å². The van der Waals surface area contributed by atoms with E-state index < -0.39 is 11.8 Å². The molecule has 4 nitrogen and oxygen atoms in total. The summed E-state index contributed by atoms with van der Waals surface area (Å²) in [4.78, 5) is 24.4. The molecule has 1 aromatic carbocycles. The van der Waals surface area contributed by atoms with Gasteiger partial charge in [0.1, 0.15) is 5.71 Å². The van der Waals surface area contributed by atoms with Crippen molar-refractivity contribution in [2.75, 3.05) is 0 Å². The number of hydrogen-bond acceptors (Lipinski definition) is 4. The van der Waals surface area contributed by atoms with Crippen LogP contribution in [-0.4, -0.2) is 17.5 Å². The second kappa shape index (κ2) is 3.89. The number of rotatable bonds is 1. The molecule has 0 unspecified atom stereocenters. The molecule has 3 rings (SSSR count). The standard InChI is InChI=1S/C13H8N2O2S/c14-10-11-8(12(16)15-13(10)17)6-9(18-11)7-4-2-1-3-5-7/h1-6,14H,(H,15,16,17). The van der Waals surface area contributed by atoms with E-state index in [4.69, 9.17) is 5.41 Å². The van der Waals surface area contributed by atoms with Crippen molar-refractivity contribution < 1.29 is 9.59 Å². The number of imide groups is 1. The number of hydrogen-bond donors (Lipinski definition) is 2. The topological polar surface area (TPSA) is 70.0 Å². The van der Waals surface area contributed by atoms with Crippen molar-refractivity contribution in [3.63, 3.8) is 0 Å². The van der Waals surface area contributed by atoms with Crippen LogP contribution in [0.15, 0.2) is 36.4 Å². The van der Waals surface area contributed by atoms with Crippen LogP contribution in [0.4, 0.5) is 0 Å². The molecule has 2 N–H and O–H groups in total. The summed E-state index contributed by atoms with van der Waals surface area (Å²) in [6.45, 7) is 0. The van der Waals surface area contributed by atoms with Gasteiger partial charge in [-0.25, -0.2) is 0 Å². The van der Waals surface area contributed by atoms with Crippen molar-refractivity contribution in [1.82, 2.24) is 5.32 Å². The first kappa shape index (κ1) is 10.9. The predicted octanol–water partition coefficient (Wildman–Crippen LogP) is 2.05. The summed E-state index contributed by atoms with van der Waals surface area (Å²) in [6, 6.07) is 11.3. The molecule has 2 heterocycles. The first-order valence-corrected chi connectivity index (χ1v) is 6.12. The van der Waals surface area contributed by atoms with E-state index in [1.807, 2.05) is 30.3 Å². The Bertz CT molecular complexity index is 674. The molecule has 0 bridgehead atoms. The lowest BCUT2D eigenvalue weighted by atomic mass is 10.1. The molecule has 1 aliphatic heterocycles. The molecule has 0 atom stereocenters. The molecule has 2 amide bonds. The van der Waals surface area contributed by atoms with Gasteiger partial charge < -0.3 is 0 Å². The predicted molar refractivity (Wildman–Crippen MR) is 69.1 cm³/mol. The van der Waals surface area contributed by atoms with Crippen LogP contribution in [0.3, 0.4) is 0 Å². The summed E-state index contributed by atoms with van der Waals surface area (Å²) in [5.74, 6) is -1.06. The third-order valence-corrected chi connectivity index (χ3v) is 3.92. The van der Waals surface area contributed by atoms with Crippen LogP contribution in [0.25, 0.3) is 10.4 Å². The van der Waals surface area contributed by atoms with E-state index in [0.29, 0.717) is 10.4 Å². The molecule has 0 saturated heterocycles. The smallest absolute Gasteiger partial charge is 0.277 e. The van der Waals surface area contributed by atoms with Gasteiger partial charge in [-0.3, -0.25) is 20.3 Å². The molecule has 0 spiro atoms. The van der Waals surface area contributed by atoms with Gasteiger partial charge in [-0.05, 0) is 11.6 Å². The van der Waals surface area contributed by atoms with Crippen molar-refractivity contribution in [3.8, 4) is 10.4 Å². The van der Waals surface area contributed by atoms with E-state index in [2.05, 4.69) is 5.32 Å². The van der Waals surface area contributed by atoms with E-state index in [1.54, 1.807) is 6.07 Å². The van der Waals surface area contributed by atoms with Gasteiger partial charge in [0.05, 0.1) is 10.4 Å². The normalized spacial score (nSPS) is 14.3. The van der Waals surface area contributed by atoms with Crippen molar-refractivity contribution in [2.24, 2.45) is 0 Å². The molecular formula is C13H8N2O2S. The number of amides is 2. The maximum atomic E-state index is 11.7. The van der Waals surface area contributed by atoms with Gasteiger partial charge in [0.2, 0.25) is 0 Å². The highest BCUT2D eigenvalue weighted by atomic mass is 32.1. The summed E-state index contributed by atoms with van der Waals surface area (Å²) in [7, 11) is 0. The lowest BCUT2D eigenvalue weighted by molar-refractivity contribution is -0.114. The first-order chi connectivity index (χ1) is 8.66.